The largest absolute Gasteiger partial charge is 0.530 e. The van der Waals surface area contributed by atoms with Crippen molar-refractivity contribution in [2.75, 3.05) is 13.2 Å². The van der Waals surface area contributed by atoms with E-state index in [1.165, 1.54) is 0 Å². The van der Waals surface area contributed by atoms with E-state index in [1.807, 2.05) is 43.3 Å². The van der Waals surface area contributed by atoms with Gasteiger partial charge in [-0.25, -0.2) is 9.55 Å². The van der Waals surface area contributed by atoms with Gasteiger partial charge in [0, 0.05) is 10.8 Å². The zero-order valence-electron chi connectivity index (χ0n) is 14.0. The highest BCUT2D eigenvalue weighted by molar-refractivity contribution is 7.48. The first-order chi connectivity index (χ1) is 11.5. The lowest BCUT2D eigenvalue weighted by atomic mass is 10.1. The molecule has 0 amide bonds. The van der Waals surface area contributed by atoms with Crippen LogP contribution in [0.3, 0.4) is 0 Å². The van der Waals surface area contributed by atoms with Crippen molar-refractivity contribution < 1.29 is 18.1 Å². The molecule has 3 rings (SSSR count). The maximum absolute atomic E-state index is 12.6. The monoisotopic (exact) mass is 345 g/mol. The summed E-state index contributed by atoms with van der Waals surface area (Å²) in [6.07, 6.45) is 0. The second-order valence-corrected chi connectivity index (χ2v) is 6.96. The fourth-order valence-electron chi connectivity index (χ4n) is 2.62. The zero-order valence-corrected chi connectivity index (χ0v) is 14.9. The number of hydrogen-bond acceptors (Lipinski definition) is 5. The van der Waals surface area contributed by atoms with Crippen LogP contribution in [0.5, 0.6) is 5.75 Å². The predicted octanol–water partition coefficient (Wildman–Crippen LogP) is 5.26. The Morgan fingerprint density at radius 1 is 1.00 bits per heavy atom. The summed E-state index contributed by atoms with van der Waals surface area (Å²) >= 11 is 0. The minimum Gasteiger partial charge on any atom is -0.404 e. The third-order valence-corrected chi connectivity index (χ3v) is 5.16. The van der Waals surface area contributed by atoms with Crippen LogP contribution in [0.4, 0.5) is 0 Å². The standard InChI is InChI=1S/C18H20NO4P/c1-4-21-24(20,22-5-2)23-16-10-13(3)18-15(12-16)11-14-8-6-7-9-17(14)19-18/h6-12H,4-5H2,1-3H3. The molecule has 0 bridgehead atoms. The fourth-order valence-corrected chi connectivity index (χ4v) is 3.80. The topological polar surface area (TPSA) is 57.7 Å². The molecule has 5 nitrogen and oxygen atoms in total. The van der Waals surface area contributed by atoms with Crippen LogP contribution < -0.4 is 4.52 Å². The van der Waals surface area contributed by atoms with Gasteiger partial charge in [0.1, 0.15) is 5.75 Å². The number of benzene rings is 2. The molecular weight excluding hydrogens is 325 g/mol. The minimum atomic E-state index is -3.61. The number of para-hydroxylation sites is 1. The van der Waals surface area contributed by atoms with E-state index >= 15 is 0 Å². The average Bonchev–Trinajstić information content (AvgIpc) is 2.53. The van der Waals surface area contributed by atoms with Gasteiger partial charge in [0.15, 0.2) is 0 Å². The highest BCUT2D eigenvalue weighted by Crippen LogP contribution is 2.49. The molecule has 0 unspecified atom stereocenters. The van der Waals surface area contributed by atoms with Gasteiger partial charge in [-0.15, -0.1) is 0 Å². The maximum Gasteiger partial charge on any atom is 0.530 e. The quantitative estimate of drug-likeness (QED) is 0.451. The van der Waals surface area contributed by atoms with E-state index in [0.29, 0.717) is 5.75 Å². The summed E-state index contributed by atoms with van der Waals surface area (Å²) in [5.74, 6) is 0.447. The van der Waals surface area contributed by atoms with Gasteiger partial charge >= 0.3 is 7.82 Å². The van der Waals surface area contributed by atoms with E-state index in [0.717, 1.165) is 27.4 Å². The SMILES string of the molecule is CCOP(=O)(OCC)Oc1cc(C)c2nc3ccccc3cc2c1. The van der Waals surface area contributed by atoms with Gasteiger partial charge in [-0.2, -0.15) is 0 Å². The summed E-state index contributed by atoms with van der Waals surface area (Å²) in [6.45, 7) is 5.93. The molecule has 0 atom stereocenters. The second-order valence-electron chi connectivity index (χ2n) is 5.37. The van der Waals surface area contributed by atoms with E-state index in [9.17, 15) is 4.57 Å². The van der Waals surface area contributed by atoms with Gasteiger partial charge < -0.3 is 4.52 Å². The Balaban J connectivity index is 2.06. The lowest BCUT2D eigenvalue weighted by molar-refractivity contribution is 0.167. The number of rotatable bonds is 6. The van der Waals surface area contributed by atoms with Crippen LogP contribution in [0, 0.1) is 6.92 Å². The molecule has 0 saturated heterocycles. The van der Waals surface area contributed by atoms with E-state index in [-0.39, 0.29) is 13.2 Å². The summed E-state index contributed by atoms with van der Waals surface area (Å²) in [5.41, 5.74) is 2.77. The van der Waals surface area contributed by atoms with Crippen LogP contribution in [0.2, 0.25) is 0 Å². The normalized spacial score (nSPS) is 12.0. The Kier molecular flexibility index (Phi) is 4.86. The number of nitrogens with zero attached hydrogens (tertiary/aromatic N) is 1. The molecule has 3 aromatic rings. The molecular formula is C18H20NO4P. The zero-order chi connectivity index (χ0) is 17.2. The Morgan fingerprint density at radius 3 is 2.42 bits per heavy atom. The first-order valence-corrected chi connectivity index (χ1v) is 9.39. The van der Waals surface area contributed by atoms with Gasteiger partial charge in [0.2, 0.25) is 0 Å². The Bertz CT molecular complexity index is 915. The van der Waals surface area contributed by atoms with Crippen LogP contribution in [-0.2, 0) is 13.6 Å². The third kappa shape index (κ3) is 3.44. The van der Waals surface area contributed by atoms with Crippen LogP contribution in [0.25, 0.3) is 21.8 Å². The van der Waals surface area contributed by atoms with Crippen molar-refractivity contribution in [1.82, 2.24) is 4.98 Å². The molecule has 0 fully saturated rings. The van der Waals surface area contributed by atoms with E-state index in [4.69, 9.17) is 18.6 Å². The van der Waals surface area contributed by atoms with Gasteiger partial charge in [-0.3, -0.25) is 9.05 Å². The van der Waals surface area contributed by atoms with Crippen LogP contribution in [-0.4, -0.2) is 18.2 Å². The summed E-state index contributed by atoms with van der Waals surface area (Å²) in [4.78, 5) is 4.70. The summed E-state index contributed by atoms with van der Waals surface area (Å²) < 4.78 is 28.5. The van der Waals surface area contributed by atoms with Crippen LogP contribution >= 0.6 is 7.82 Å². The average molecular weight is 345 g/mol. The van der Waals surface area contributed by atoms with Crippen molar-refractivity contribution in [3.8, 4) is 5.75 Å². The van der Waals surface area contributed by atoms with E-state index < -0.39 is 7.82 Å². The molecule has 0 aliphatic carbocycles. The lowest BCUT2D eigenvalue weighted by Gasteiger charge is -2.18. The van der Waals surface area contributed by atoms with Crippen molar-refractivity contribution in [1.29, 1.82) is 0 Å². The first-order valence-electron chi connectivity index (χ1n) is 7.93. The smallest absolute Gasteiger partial charge is 0.404 e. The van der Waals surface area contributed by atoms with Crippen molar-refractivity contribution >= 4 is 29.6 Å². The molecule has 0 N–H and O–H groups in total. The van der Waals surface area contributed by atoms with E-state index in [1.54, 1.807) is 19.9 Å². The number of phosphoric ester groups is 1. The summed E-state index contributed by atoms with van der Waals surface area (Å²) in [6, 6.07) is 13.6. The molecule has 1 heterocycles. The fraction of sp³-hybridized carbons (Fsp3) is 0.278. The van der Waals surface area contributed by atoms with Gasteiger partial charge in [-0.1, -0.05) is 18.2 Å². The number of phosphoric acid groups is 1. The molecule has 0 saturated carbocycles. The molecule has 6 heteroatoms. The van der Waals surface area contributed by atoms with Crippen LogP contribution in [0.1, 0.15) is 19.4 Å². The molecule has 0 aliphatic rings. The molecule has 126 valence electrons. The maximum atomic E-state index is 12.6. The molecule has 2 aromatic carbocycles. The molecule has 0 spiro atoms. The molecule has 0 radical (unpaired) electrons. The van der Waals surface area contributed by atoms with Gasteiger partial charge in [0.05, 0.1) is 24.2 Å². The van der Waals surface area contributed by atoms with Crippen molar-refractivity contribution in [2.45, 2.75) is 20.8 Å². The first kappa shape index (κ1) is 16.9. The minimum absolute atomic E-state index is 0.246. The van der Waals surface area contributed by atoms with Gasteiger partial charge in [0.25, 0.3) is 0 Å². The van der Waals surface area contributed by atoms with Crippen molar-refractivity contribution in [2.24, 2.45) is 0 Å². The molecule has 24 heavy (non-hydrogen) atoms. The van der Waals surface area contributed by atoms with E-state index in [2.05, 4.69) is 0 Å². The Morgan fingerprint density at radius 2 is 1.71 bits per heavy atom. The molecule has 1 aromatic heterocycles. The summed E-state index contributed by atoms with van der Waals surface area (Å²) in [7, 11) is -3.61. The lowest BCUT2D eigenvalue weighted by Crippen LogP contribution is -2.02. The van der Waals surface area contributed by atoms with Gasteiger partial charge in [-0.05, 0) is 50.6 Å². The third-order valence-electron chi connectivity index (χ3n) is 3.58. The number of aromatic nitrogens is 1. The highest BCUT2D eigenvalue weighted by atomic mass is 31.2. The summed E-state index contributed by atoms with van der Waals surface area (Å²) in [5, 5.41) is 1.96. The van der Waals surface area contributed by atoms with Crippen LogP contribution in [0.15, 0.2) is 42.5 Å². The number of fused-ring (bicyclic) bond motifs is 2. The Hall–Kier alpha value is -1.94. The Labute approximate surface area is 141 Å². The number of aryl methyl sites for hydroxylation is 1. The number of hydrogen-bond donors (Lipinski definition) is 0. The second kappa shape index (κ2) is 6.89. The van der Waals surface area contributed by atoms with Crippen molar-refractivity contribution in [3.05, 3.63) is 48.0 Å². The molecule has 0 aliphatic heterocycles. The van der Waals surface area contributed by atoms with Crippen molar-refractivity contribution in [3.63, 3.8) is 0 Å². The predicted molar refractivity (Wildman–Crippen MR) is 95.5 cm³/mol. The highest BCUT2D eigenvalue weighted by Gasteiger charge is 2.27. The number of pyridine rings is 1.